The summed E-state index contributed by atoms with van der Waals surface area (Å²) in [5.74, 6) is 0. The molecule has 5 aromatic rings. The van der Waals surface area contributed by atoms with E-state index in [4.69, 9.17) is 4.74 Å². The number of nitrogens with zero attached hydrogens (tertiary/aromatic N) is 1. The van der Waals surface area contributed by atoms with Crippen LogP contribution in [0.3, 0.4) is 0 Å². The van der Waals surface area contributed by atoms with E-state index in [1.165, 1.54) is 11.4 Å². The Morgan fingerprint density at radius 1 is 0.853 bits per heavy atom. The van der Waals surface area contributed by atoms with Crippen LogP contribution < -0.4 is 0 Å². The summed E-state index contributed by atoms with van der Waals surface area (Å²) in [6, 6.07) is 31.4. The molecule has 1 N–H and O–H groups in total. The minimum Gasteiger partial charge on any atom is -0.464 e. The SMILES string of the molecule is Cc1ccc(C)n1-c1ccc2[nH]c(CC(Cc3ccccc3)OC=O)c(-c3ccccc3)c2c1. The Hall–Kier alpha value is -4.05. The van der Waals surface area contributed by atoms with Crippen molar-refractivity contribution < 1.29 is 9.53 Å². The number of aromatic nitrogens is 2. The number of aryl methyl sites for hydroxylation is 2. The minimum atomic E-state index is -0.260. The molecule has 0 aliphatic rings. The van der Waals surface area contributed by atoms with E-state index in [-0.39, 0.29) is 6.10 Å². The van der Waals surface area contributed by atoms with Crippen molar-refractivity contribution in [2.75, 3.05) is 0 Å². The fourth-order valence-electron chi connectivity index (χ4n) is 4.89. The van der Waals surface area contributed by atoms with Crippen LogP contribution in [0.15, 0.2) is 91.0 Å². The van der Waals surface area contributed by atoms with Gasteiger partial charge in [0.1, 0.15) is 6.10 Å². The molecule has 0 spiro atoms. The van der Waals surface area contributed by atoms with Gasteiger partial charge in [0.2, 0.25) is 0 Å². The molecule has 0 saturated heterocycles. The topological polar surface area (TPSA) is 47.0 Å². The Morgan fingerprint density at radius 2 is 1.53 bits per heavy atom. The van der Waals surface area contributed by atoms with Gasteiger partial charge in [-0.05, 0) is 55.3 Å². The Balaban J connectivity index is 1.61. The highest BCUT2D eigenvalue weighted by Gasteiger charge is 2.20. The van der Waals surface area contributed by atoms with Crippen LogP contribution in [-0.4, -0.2) is 22.1 Å². The van der Waals surface area contributed by atoms with Crippen LogP contribution >= 0.6 is 0 Å². The molecule has 4 heteroatoms. The van der Waals surface area contributed by atoms with Crippen LogP contribution in [-0.2, 0) is 22.4 Å². The van der Waals surface area contributed by atoms with Crippen molar-refractivity contribution in [3.8, 4) is 16.8 Å². The Bertz CT molecular complexity index is 1400. The van der Waals surface area contributed by atoms with E-state index in [2.05, 4.69) is 90.1 Å². The molecule has 3 aromatic carbocycles. The van der Waals surface area contributed by atoms with Gasteiger partial charge in [-0.3, -0.25) is 4.79 Å². The molecule has 1 unspecified atom stereocenters. The summed E-state index contributed by atoms with van der Waals surface area (Å²) >= 11 is 0. The summed E-state index contributed by atoms with van der Waals surface area (Å²) in [5, 5.41) is 1.16. The third-order valence-electron chi connectivity index (χ3n) is 6.44. The van der Waals surface area contributed by atoms with Crippen molar-refractivity contribution in [2.45, 2.75) is 32.8 Å². The molecule has 1 atom stereocenters. The Morgan fingerprint density at radius 3 is 2.21 bits per heavy atom. The van der Waals surface area contributed by atoms with Gasteiger partial charge in [0.05, 0.1) is 0 Å². The van der Waals surface area contributed by atoms with Crippen molar-refractivity contribution in [1.82, 2.24) is 9.55 Å². The lowest BCUT2D eigenvalue weighted by Gasteiger charge is -2.16. The lowest BCUT2D eigenvalue weighted by atomic mass is 9.97. The summed E-state index contributed by atoms with van der Waals surface area (Å²) in [6.45, 7) is 4.82. The summed E-state index contributed by atoms with van der Waals surface area (Å²) in [5.41, 5.74) is 9.14. The molecule has 0 saturated carbocycles. The number of carbonyl (C=O) groups is 1. The number of ether oxygens (including phenoxy) is 1. The maximum absolute atomic E-state index is 11.3. The number of aromatic amines is 1. The van der Waals surface area contributed by atoms with E-state index in [1.807, 2.05) is 24.3 Å². The van der Waals surface area contributed by atoms with Gasteiger partial charge in [-0.2, -0.15) is 0 Å². The van der Waals surface area contributed by atoms with Gasteiger partial charge in [0, 0.05) is 52.1 Å². The van der Waals surface area contributed by atoms with Gasteiger partial charge >= 0.3 is 0 Å². The first kappa shape index (κ1) is 21.8. The van der Waals surface area contributed by atoms with E-state index in [9.17, 15) is 4.79 Å². The molecule has 0 aliphatic heterocycles. The van der Waals surface area contributed by atoms with E-state index in [1.54, 1.807) is 0 Å². The maximum atomic E-state index is 11.3. The number of carbonyl (C=O) groups excluding carboxylic acids is 1. The van der Waals surface area contributed by atoms with Crippen LogP contribution in [0.1, 0.15) is 22.6 Å². The Kier molecular flexibility index (Phi) is 6.05. The molecule has 0 aliphatic carbocycles. The second-order valence-electron chi connectivity index (χ2n) is 8.77. The normalized spacial score (nSPS) is 12.1. The lowest BCUT2D eigenvalue weighted by Crippen LogP contribution is -2.19. The van der Waals surface area contributed by atoms with Gasteiger partial charge in [-0.25, -0.2) is 0 Å². The first-order valence-electron chi connectivity index (χ1n) is 11.6. The quantitative estimate of drug-likeness (QED) is 0.273. The highest BCUT2D eigenvalue weighted by atomic mass is 16.5. The van der Waals surface area contributed by atoms with E-state index < -0.39 is 0 Å². The number of H-pyrrole nitrogens is 1. The average molecular weight is 449 g/mol. The van der Waals surface area contributed by atoms with Crippen LogP contribution in [0.2, 0.25) is 0 Å². The lowest BCUT2D eigenvalue weighted by molar-refractivity contribution is -0.133. The zero-order valence-electron chi connectivity index (χ0n) is 19.5. The van der Waals surface area contributed by atoms with E-state index in [0.717, 1.165) is 39.0 Å². The molecule has 2 heterocycles. The molecule has 0 fully saturated rings. The zero-order valence-corrected chi connectivity index (χ0v) is 19.5. The molecule has 34 heavy (non-hydrogen) atoms. The smallest absolute Gasteiger partial charge is 0.293 e. The van der Waals surface area contributed by atoms with Crippen LogP contribution in [0.5, 0.6) is 0 Å². The van der Waals surface area contributed by atoms with Gasteiger partial charge in [-0.1, -0.05) is 60.7 Å². The van der Waals surface area contributed by atoms with Crippen LogP contribution in [0.25, 0.3) is 27.7 Å². The molecule has 170 valence electrons. The monoisotopic (exact) mass is 448 g/mol. The molecule has 4 nitrogen and oxygen atoms in total. The van der Waals surface area contributed by atoms with Crippen LogP contribution in [0.4, 0.5) is 0 Å². The number of hydrogen-bond acceptors (Lipinski definition) is 2. The largest absolute Gasteiger partial charge is 0.464 e. The molecule has 0 radical (unpaired) electrons. The third kappa shape index (κ3) is 4.27. The second kappa shape index (κ2) is 9.44. The van der Waals surface area contributed by atoms with Crippen molar-refractivity contribution in [2.24, 2.45) is 0 Å². The van der Waals surface area contributed by atoms with Gasteiger partial charge in [0.15, 0.2) is 0 Å². The van der Waals surface area contributed by atoms with Crippen molar-refractivity contribution in [3.63, 3.8) is 0 Å². The first-order chi connectivity index (χ1) is 16.6. The molecule has 0 bridgehead atoms. The summed E-state index contributed by atoms with van der Waals surface area (Å²) in [4.78, 5) is 15.0. The average Bonchev–Trinajstić information content (AvgIpc) is 3.38. The number of benzene rings is 3. The fourth-order valence-corrected chi connectivity index (χ4v) is 4.89. The summed E-state index contributed by atoms with van der Waals surface area (Å²) in [6.07, 6.45) is 1.00. The van der Waals surface area contributed by atoms with Crippen molar-refractivity contribution >= 4 is 17.4 Å². The van der Waals surface area contributed by atoms with Gasteiger partial charge in [0.25, 0.3) is 6.47 Å². The number of rotatable bonds is 8. The van der Waals surface area contributed by atoms with Gasteiger partial charge < -0.3 is 14.3 Å². The predicted molar refractivity (Wildman–Crippen MR) is 137 cm³/mol. The highest BCUT2D eigenvalue weighted by Crippen LogP contribution is 2.35. The molecular formula is C30H28N2O2. The molecule has 0 amide bonds. The molecule has 2 aromatic heterocycles. The summed E-state index contributed by atoms with van der Waals surface area (Å²) < 4.78 is 7.82. The maximum Gasteiger partial charge on any atom is 0.293 e. The van der Waals surface area contributed by atoms with E-state index in [0.29, 0.717) is 19.3 Å². The van der Waals surface area contributed by atoms with E-state index >= 15 is 0 Å². The van der Waals surface area contributed by atoms with Crippen molar-refractivity contribution in [3.05, 3.63) is 114 Å². The standard InChI is InChI=1S/C30H28N2O2/c1-21-13-14-22(2)32(21)25-15-16-28-27(18-25)30(24-11-7-4-8-12-24)29(31-28)19-26(34-20-33)17-23-9-5-3-6-10-23/h3-16,18,20,26,31H,17,19H2,1-2H3. The number of fused-ring (bicyclic) bond motifs is 1. The number of nitrogens with one attached hydrogen (secondary N) is 1. The van der Waals surface area contributed by atoms with Crippen LogP contribution in [0, 0.1) is 13.8 Å². The molecule has 5 rings (SSSR count). The zero-order chi connectivity index (χ0) is 23.5. The number of hydrogen-bond donors (Lipinski definition) is 1. The third-order valence-corrected chi connectivity index (χ3v) is 6.44. The van der Waals surface area contributed by atoms with Gasteiger partial charge in [-0.15, -0.1) is 0 Å². The highest BCUT2D eigenvalue weighted by molar-refractivity contribution is 5.98. The molecular weight excluding hydrogens is 420 g/mol. The Labute approximate surface area is 199 Å². The van der Waals surface area contributed by atoms with Crippen molar-refractivity contribution in [1.29, 1.82) is 0 Å². The fraction of sp³-hybridized carbons (Fsp3) is 0.167. The minimum absolute atomic E-state index is 0.260. The summed E-state index contributed by atoms with van der Waals surface area (Å²) in [7, 11) is 0. The second-order valence-corrected chi connectivity index (χ2v) is 8.77. The predicted octanol–water partition coefficient (Wildman–Crippen LogP) is 6.57. The first-order valence-corrected chi connectivity index (χ1v) is 11.6.